The average Bonchev–Trinajstić information content (AvgIpc) is 3.06. The third kappa shape index (κ3) is 3.53. The van der Waals surface area contributed by atoms with E-state index in [1.54, 1.807) is 24.1 Å². The number of rotatable bonds is 0. The molecule has 0 aliphatic carbocycles. The Bertz CT molecular complexity index is 619. The number of carbonyl (C=O) groups is 2. The lowest BCUT2D eigenvalue weighted by Gasteiger charge is -2.28. The molecule has 2 atom stereocenters. The normalized spacial score (nSPS) is 25.9. The lowest BCUT2D eigenvalue weighted by Crippen LogP contribution is -2.48. The van der Waals surface area contributed by atoms with Crippen LogP contribution in [0.2, 0.25) is 0 Å². The fraction of sp³-hybridized carbons (Fsp3) is 0.556. The van der Waals surface area contributed by atoms with Crippen LogP contribution in [0.4, 0.5) is 0 Å². The molecule has 1 fully saturated rings. The zero-order valence-corrected chi connectivity index (χ0v) is 14.1. The molecule has 0 radical (unpaired) electrons. The number of hydrogen-bond acceptors (Lipinski definition) is 4. The lowest BCUT2D eigenvalue weighted by molar-refractivity contribution is -0.134. The van der Waals surface area contributed by atoms with Gasteiger partial charge in [0.15, 0.2) is 0 Å². The minimum atomic E-state index is -0.505. The maximum atomic E-state index is 12.6. The second-order valence-electron chi connectivity index (χ2n) is 6.64. The minimum Gasteiger partial charge on any atom is -0.491 e. The van der Waals surface area contributed by atoms with Gasteiger partial charge in [0, 0.05) is 25.7 Å². The van der Waals surface area contributed by atoms with Gasteiger partial charge in [-0.3, -0.25) is 9.59 Å². The van der Waals surface area contributed by atoms with Crippen molar-refractivity contribution in [2.45, 2.75) is 37.8 Å². The van der Waals surface area contributed by atoms with Crippen LogP contribution < -0.4 is 10.5 Å². The predicted octanol–water partition coefficient (Wildman–Crippen LogP) is 1.25. The SMILES string of the molecule is CN1CCC[C@H](N)C(=O)N2CCC[C@H]2COc2cccc(c2)C1=O. The number of amides is 2. The van der Waals surface area contributed by atoms with Crippen molar-refractivity contribution < 1.29 is 14.3 Å². The molecule has 6 nitrogen and oxygen atoms in total. The van der Waals surface area contributed by atoms with Crippen LogP contribution in [-0.4, -0.2) is 60.4 Å². The molecule has 1 aromatic rings. The van der Waals surface area contributed by atoms with E-state index >= 15 is 0 Å². The van der Waals surface area contributed by atoms with Crippen molar-refractivity contribution in [3.8, 4) is 5.75 Å². The first-order valence-corrected chi connectivity index (χ1v) is 8.60. The third-order valence-electron chi connectivity index (χ3n) is 4.86. The number of nitrogens with two attached hydrogens (primary N) is 1. The molecule has 6 heteroatoms. The first kappa shape index (κ1) is 16.8. The van der Waals surface area contributed by atoms with Crippen molar-refractivity contribution in [2.24, 2.45) is 5.73 Å². The van der Waals surface area contributed by atoms with E-state index < -0.39 is 6.04 Å². The molecule has 130 valence electrons. The molecule has 2 bridgehead atoms. The summed E-state index contributed by atoms with van der Waals surface area (Å²) in [5, 5.41) is 0. The molecule has 3 rings (SSSR count). The Morgan fingerprint density at radius 1 is 1.17 bits per heavy atom. The summed E-state index contributed by atoms with van der Waals surface area (Å²) in [6, 6.07) is 6.81. The summed E-state index contributed by atoms with van der Waals surface area (Å²) in [5.74, 6) is 0.621. The maximum Gasteiger partial charge on any atom is 0.253 e. The number of carbonyl (C=O) groups excluding carboxylic acids is 2. The molecule has 2 heterocycles. The molecule has 2 aliphatic heterocycles. The summed E-state index contributed by atoms with van der Waals surface area (Å²) >= 11 is 0. The van der Waals surface area contributed by atoms with Crippen molar-refractivity contribution in [3.63, 3.8) is 0 Å². The molecular formula is C18H25N3O3. The van der Waals surface area contributed by atoms with Crippen LogP contribution in [0.5, 0.6) is 5.75 Å². The van der Waals surface area contributed by atoms with E-state index in [-0.39, 0.29) is 17.9 Å². The molecule has 1 saturated heterocycles. The standard InChI is InChI=1S/C18H25N3O3/c1-20-9-4-8-16(19)18(23)21-10-3-6-14(21)12-24-15-7-2-5-13(11-15)17(20)22/h2,5,7,11,14,16H,3-4,6,8-10,12,19H2,1H3/t14-,16-/m0/s1. The fourth-order valence-electron chi connectivity index (χ4n) is 3.42. The Morgan fingerprint density at radius 3 is 2.79 bits per heavy atom. The van der Waals surface area contributed by atoms with Gasteiger partial charge in [-0.2, -0.15) is 0 Å². The van der Waals surface area contributed by atoms with Crippen LogP contribution in [0.3, 0.4) is 0 Å². The monoisotopic (exact) mass is 331 g/mol. The number of benzene rings is 1. The Labute approximate surface area is 142 Å². The first-order chi connectivity index (χ1) is 11.6. The summed E-state index contributed by atoms with van der Waals surface area (Å²) in [5.41, 5.74) is 6.71. The summed E-state index contributed by atoms with van der Waals surface area (Å²) in [6.07, 6.45) is 3.21. The zero-order valence-electron chi connectivity index (χ0n) is 14.1. The highest BCUT2D eigenvalue weighted by atomic mass is 16.5. The number of hydrogen-bond donors (Lipinski definition) is 1. The summed E-state index contributed by atoms with van der Waals surface area (Å²) in [6.45, 7) is 1.76. The summed E-state index contributed by atoms with van der Waals surface area (Å²) in [7, 11) is 1.77. The van der Waals surface area contributed by atoms with E-state index in [1.165, 1.54) is 0 Å². The van der Waals surface area contributed by atoms with E-state index in [2.05, 4.69) is 0 Å². The highest BCUT2D eigenvalue weighted by Crippen LogP contribution is 2.22. The van der Waals surface area contributed by atoms with Gasteiger partial charge in [-0.25, -0.2) is 0 Å². The van der Waals surface area contributed by atoms with Crippen molar-refractivity contribution >= 4 is 11.8 Å². The number of fused-ring (bicyclic) bond motifs is 3. The molecule has 24 heavy (non-hydrogen) atoms. The fourth-order valence-corrected chi connectivity index (χ4v) is 3.42. The summed E-state index contributed by atoms with van der Waals surface area (Å²) < 4.78 is 5.87. The van der Waals surface area contributed by atoms with Crippen molar-refractivity contribution in [3.05, 3.63) is 29.8 Å². The van der Waals surface area contributed by atoms with Crippen molar-refractivity contribution in [1.29, 1.82) is 0 Å². The van der Waals surface area contributed by atoms with Crippen molar-refractivity contribution in [1.82, 2.24) is 9.80 Å². The molecule has 2 aliphatic rings. The first-order valence-electron chi connectivity index (χ1n) is 8.60. The van der Waals surface area contributed by atoms with Crippen LogP contribution in [0.15, 0.2) is 24.3 Å². The number of nitrogens with zero attached hydrogens (tertiary/aromatic N) is 2. The Balaban J connectivity index is 1.84. The van der Waals surface area contributed by atoms with Gasteiger partial charge in [0.2, 0.25) is 5.91 Å². The van der Waals surface area contributed by atoms with Crippen molar-refractivity contribution in [2.75, 3.05) is 26.7 Å². The van der Waals surface area contributed by atoms with E-state index in [0.29, 0.717) is 37.3 Å². The molecule has 1 aromatic carbocycles. The molecule has 0 unspecified atom stereocenters. The van der Waals surface area contributed by atoms with Crippen LogP contribution >= 0.6 is 0 Å². The highest BCUT2D eigenvalue weighted by Gasteiger charge is 2.32. The molecule has 0 saturated carbocycles. The van der Waals surface area contributed by atoms with Crippen LogP contribution in [0, 0.1) is 0 Å². The van der Waals surface area contributed by atoms with E-state index in [4.69, 9.17) is 10.5 Å². The van der Waals surface area contributed by atoms with Crippen LogP contribution in [-0.2, 0) is 4.79 Å². The second-order valence-corrected chi connectivity index (χ2v) is 6.64. The molecule has 2 N–H and O–H groups in total. The molecule has 2 amide bonds. The van der Waals surface area contributed by atoms with Crippen LogP contribution in [0.1, 0.15) is 36.0 Å². The lowest BCUT2D eigenvalue weighted by atomic mass is 10.1. The van der Waals surface area contributed by atoms with Gasteiger partial charge in [0.25, 0.3) is 5.91 Å². The Morgan fingerprint density at radius 2 is 1.96 bits per heavy atom. The highest BCUT2D eigenvalue weighted by molar-refractivity contribution is 5.94. The molecular weight excluding hydrogens is 306 g/mol. The quantitative estimate of drug-likeness (QED) is 0.776. The van der Waals surface area contributed by atoms with E-state index in [9.17, 15) is 9.59 Å². The smallest absolute Gasteiger partial charge is 0.253 e. The van der Waals surface area contributed by atoms with Gasteiger partial charge < -0.3 is 20.3 Å². The van der Waals surface area contributed by atoms with Crippen LogP contribution in [0.25, 0.3) is 0 Å². The zero-order chi connectivity index (χ0) is 17.1. The maximum absolute atomic E-state index is 12.6. The number of ether oxygens (including phenoxy) is 1. The second kappa shape index (κ2) is 7.21. The van der Waals surface area contributed by atoms with Gasteiger partial charge >= 0.3 is 0 Å². The van der Waals surface area contributed by atoms with E-state index in [0.717, 1.165) is 19.4 Å². The molecule has 0 aromatic heterocycles. The van der Waals surface area contributed by atoms with Gasteiger partial charge in [0.1, 0.15) is 12.4 Å². The van der Waals surface area contributed by atoms with Gasteiger partial charge in [-0.05, 0) is 43.9 Å². The predicted molar refractivity (Wildman–Crippen MR) is 90.8 cm³/mol. The molecule has 0 spiro atoms. The Hall–Kier alpha value is -2.08. The largest absolute Gasteiger partial charge is 0.491 e. The third-order valence-corrected chi connectivity index (χ3v) is 4.86. The summed E-state index contributed by atoms with van der Waals surface area (Å²) in [4.78, 5) is 28.6. The average molecular weight is 331 g/mol. The topological polar surface area (TPSA) is 75.9 Å². The van der Waals surface area contributed by atoms with Gasteiger partial charge in [0.05, 0.1) is 12.1 Å². The minimum absolute atomic E-state index is 0.000824. The van der Waals surface area contributed by atoms with Gasteiger partial charge in [-0.1, -0.05) is 6.07 Å². The van der Waals surface area contributed by atoms with Gasteiger partial charge in [-0.15, -0.1) is 0 Å². The Kier molecular flexibility index (Phi) is 5.04. The van der Waals surface area contributed by atoms with E-state index in [1.807, 2.05) is 17.0 Å².